The molecule has 1 aromatic carbocycles. The number of rotatable bonds is 3. The zero-order valence-electron chi connectivity index (χ0n) is 14.1. The zero-order valence-corrected chi connectivity index (χ0v) is 14.1. The predicted octanol–water partition coefficient (Wildman–Crippen LogP) is 3.43. The van der Waals surface area contributed by atoms with Crippen LogP contribution in [0.3, 0.4) is 0 Å². The van der Waals surface area contributed by atoms with Crippen LogP contribution in [0.1, 0.15) is 32.3 Å². The van der Waals surface area contributed by atoms with Crippen LogP contribution in [-0.2, 0) is 6.54 Å². The molecule has 0 saturated carbocycles. The largest absolute Gasteiger partial charge is 0.357 e. The van der Waals surface area contributed by atoms with Gasteiger partial charge in [0.25, 0.3) is 0 Å². The number of pyridine rings is 1. The minimum atomic E-state index is 0.668. The molecule has 3 rings (SSSR count). The maximum Gasteiger partial charge on any atom is 0.194 e. The summed E-state index contributed by atoms with van der Waals surface area (Å²) in [5.41, 5.74) is 2.24. The summed E-state index contributed by atoms with van der Waals surface area (Å²) in [5.74, 6) is 1.78. The number of nitrogens with zero attached hydrogens (tertiary/aromatic N) is 3. The van der Waals surface area contributed by atoms with E-state index in [1.807, 2.05) is 12.3 Å². The smallest absolute Gasteiger partial charge is 0.194 e. The summed E-state index contributed by atoms with van der Waals surface area (Å²) in [6.07, 6.45) is 4.43. The molecule has 0 amide bonds. The summed E-state index contributed by atoms with van der Waals surface area (Å²) in [6, 6.07) is 10.4. The van der Waals surface area contributed by atoms with Crippen molar-refractivity contribution in [3.05, 3.63) is 42.1 Å². The van der Waals surface area contributed by atoms with E-state index in [4.69, 9.17) is 4.99 Å². The molecule has 23 heavy (non-hydrogen) atoms. The number of para-hydroxylation sites is 1. The van der Waals surface area contributed by atoms with Gasteiger partial charge < -0.3 is 10.2 Å². The summed E-state index contributed by atoms with van der Waals surface area (Å²) in [5, 5.41) is 4.62. The number of benzene rings is 1. The van der Waals surface area contributed by atoms with Crippen molar-refractivity contribution in [1.29, 1.82) is 0 Å². The van der Waals surface area contributed by atoms with E-state index in [1.165, 1.54) is 23.8 Å². The molecule has 0 bridgehead atoms. The van der Waals surface area contributed by atoms with Gasteiger partial charge in [-0.05, 0) is 37.3 Å². The Morgan fingerprint density at radius 3 is 3.04 bits per heavy atom. The third-order valence-electron chi connectivity index (χ3n) is 4.41. The van der Waals surface area contributed by atoms with Gasteiger partial charge in [-0.25, -0.2) is 4.99 Å². The van der Waals surface area contributed by atoms with Crippen LogP contribution < -0.4 is 5.32 Å². The van der Waals surface area contributed by atoms with Crippen LogP contribution in [0.2, 0.25) is 0 Å². The lowest BCUT2D eigenvalue weighted by Crippen LogP contribution is -2.46. The molecular weight excluding hydrogens is 284 g/mol. The van der Waals surface area contributed by atoms with Crippen LogP contribution in [0.5, 0.6) is 0 Å². The molecule has 1 aromatic heterocycles. The molecule has 4 nitrogen and oxygen atoms in total. The number of aliphatic imine (C=N–C) groups is 1. The fourth-order valence-corrected chi connectivity index (χ4v) is 3.26. The Labute approximate surface area is 138 Å². The average Bonchev–Trinajstić information content (AvgIpc) is 2.58. The van der Waals surface area contributed by atoms with Crippen LogP contribution in [-0.4, -0.2) is 35.5 Å². The summed E-state index contributed by atoms with van der Waals surface area (Å²) in [4.78, 5) is 11.8. The number of likely N-dealkylation sites (tertiary alicyclic amines) is 1. The first-order valence-corrected chi connectivity index (χ1v) is 8.64. The van der Waals surface area contributed by atoms with Crippen molar-refractivity contribution < 1.29 is 0 Å². The van der Waals surface area contributed by atoms with Gasteiger partial charge >= 0.3 is 0 Å². The van der Waals surface area contributed by atoms with Gasteiger partial charge in [-0.2, -0.15) is 0 Å². The van der Waals surface area contributed by atoms with Gasteiger partial charge in [-0.1, -0.05) is 31.2 Å². The number of fused-ring (bicyclic) bond motifs is 1. The Morgan fingerprint density at radius 2 is 2.22 bits per heavy atom. The number of aromatic nitrogens is 1. The minimum Gasteiger partial charge on any atom is -0.357 e. The highest BCUT2D eigenvalue weighted by molar-refractivity contribution is 5.83. The number of piperidine rings is 1. The van der Waals surface area contributed by atoms with Crippen LogP contribution in [0.15, 0.2) is 41.5 Å². The van der Waals surface area contributed by atoms with Crippen molar-refractivity contribution >= 4 is 16.9 Å². The molecule has 1 saturated heterocycles. The molecule has 1 unspecified atom stereocenters. The maximum absolute atomic E-state index is 4.88. The molecule has 2 aromatic rings. The molecule has 2 heterocycles. The van der Waals surface area contributed by atoms with E-state index in [9.17, 15) is 0 Å². The summed E-state index contributed by atoms with van der Waals surface area (Å²) < 4.78 is 0. The van der Waals surface area contributed by atoms with E-state index in [1.54, 1.807) is 0 Å². The van der Waals surface area contributed by atoms with Crippen LogP contribution in [0.4, 0.5) is 0 Å². The first-order chi connectivity index (χ1) is 11.3. The first-order valence-electron chi connectivity index (χ1n) is 8.64. The highest BCUT2D eigenvalue weighted by Crippen LogP contribution is 2.18. The van der Waals surface area contributed by atoms with E-state index in [0.29, 0.717) is 6.54 Å². The quantitative estimate of drug-likeness (QED) is 0.697. The second kappa shape index (κ2) is 7.44. The predicted molar refractivity (Wildman–Crippen MR) is 96.5 cm³/mol. The van der Waals surface area contributed by atoms with Gasteiger partial charge in [-0.3, -0.25) is 4.98 Å². The molecule has 1 fully saturated rings. The average molecular weight is 310 g/mol. The van der Waals surface area contributed by atoms with Gasteiger partial charge in [0.05, 0.1) is 12.1 Å². The van der Waals surface area contributed by atoms with Crippen molar-refractivity contribution in [2.75, 3.05) is 19.6 Å². The normalized spacial score (nSPS) is 19.1. The van der Waals surface area contributed by atoms with Crippen molar-refractivity contribution in [3.8, 4) is 0 Å². The highest BCUT2D eigenvalue weighted by Gasteiger charge is 2.19. The first kappa shape index (κ1) is 15.8. The molecule has 122 valence electrons. The number of hydrogen-bond donors (Lipinski definition) is 1. The van der Waals surface area contributed by atoms with E-state index < -0.39 is 0 Å². The lowest BCUT2D eigenvalue weighted by Gasteiger charge is -2.33. The molecular formula is C19H26N4. The molecule has 0 spiro atoms. The lowest BCUT2D eigenvalue weighted by atomic mass is 10.0. The monoisotopic (exact) mass is 310 g/mol. The van der Waals surface area contributed by atoms with Gasteiger partial charge in [0.1, 0.15) is 0 Å². The summed E-state index contributed by atoms with van der Waals surface area (Å²) in [6.45, 7) is 8.22. The van der Waals surface area contributed by atoms with Crippen molar-refractivity contribution in [2.24, 2.45) is 10.9 Å². The topological polar surface area (TPSA) is 40.5 Å². The fourth-order valence-electron chi connectivity index (χ4n) is 3.26. The van der Waals surface area contributed by atoms with E-state index >= 15 is 0 Å². The highest BCUT2D eigenvalue weighted by atomic mass is 15.3. The fraction of sp³-hybridized carbons (Fsp3) is 0.474. The third-order valence-corrected chi connectivity index (χ3v) is 4.41. The lowest BCUT2D eigenvalue weighted by molar-refractivity contribution is 0.266. The number of guanidine groups is 1. The molecule has 1 aliphatic rings. The second-order valence-corrected chi connectivity index (χ2v) is 6.36. The van der Waals surface area contributed by atoms with Crippen molar-refractivity contribution in [2.45, 2.75) is 33.2 Å². The molecule has 4 heteroatoms. The van der Waals surface area contributed by atoms with E-state index in [2.05, 4.69) is 53.3 Å². The standard InChI is InChI=1S/C19H26N4/c1-3-20-19(23-12-6-7-15(2)14-23)22-13-17-9-4-8-16-10-5-11-21-18(16)17/h4-5,8-11,15H,3,6-7,12-14H2,1-2H3,(H,20,22). The van der Waals surface area contributed by atoms with E-state index in [0.717, 1.165) is 37.0 Å². The molecule has 0 radical (unpaired) electrons. The SMILES string of the molecule is CCNC(=NCc1cccc2cccnc12)N1CCCC(C)C1. The maximum atomic E-state index is 4.88. The van der Waals surface area contributed by atoms with Crippen LogP contribution in [0.25, 0.3) is 10.9 Å². The number of hydrogen-bond acceptors (Lipinski definition) is 2. The van der Waals surface area contributed by atoms with Gasteiger partial charge in [0.15, 0.2) is 5.96 Å². The van der Waals surface area contributed by atoms with Gasteiger partial charge in [0.2, 0.25) is 0 Å². The minimum absolute atomic E-state index is 0.668. The zero-order chi connectivity index (χ0) is 16.1. The van der Waals surface area contributed by atoms with Crippen LogP contribution in [0, 0.1) is 5.92 Å². The summed E-state index contributed by atoms with van der Waals surface area (Å²) in [7, 11) is 0. The molecule has 0 aliphatic carbocycles. The number of nitrogens with one attached hydrogen (secondary N) is 1. The van der Waals surface area contributed by atoms with Crippen molar-refractivity contribution in [1.82, 2.24) is 15.2 Å². The Kier molecular flexibility index (Phi) is 5.11. The third kappa shape index (κ3) is 3.81. The van der Waals surface area contributed by atoms with Crippen LogP contribution >= 0.6 is 0 Å². The van der Waals surface area contributed by atoms with E-state index in [-0.39, 0.29) is 0 Å². The van der Waals surface area contributed by atoms with Gasteiger partial charge in [-0.15, -0.1) is 0 Å². The summed E-state index contributed by atoms with van der Waals surface area (Å²) >= 11 is 0. The molecule has 1 atom stereocenters. The van der Waals surface area contributed by atoms with Gasteiger partial charge in [0, 0.05) is 31.2 Å². The van der Waals surface area contributed by atoms with Crippen molar-refractivity contribution in [3.63, 3.8) is 0 Å². The Hall–Kier alpha value is -2.10. The molecule has 1 aliphatic heterocycles. The second-order valence-electron chi connectivity index (χ2n) is 6.36. The molecule has 1 N–H and O–H groups in total. The Morgan fingerprint density at radius 1 is 1.35 bits per heavy atom. The Bertz CT molecular complexity index is 675. The Balaban J connectivity index is 1.82.